The molecule has 19 heavy (non-hydrogen) atoms. The lowest BCUT2D eigenvalue weighted by Crippen LogP contribution is -2.38. The van der Waals surface area contributed by atoms with Gasteiger partial charge in [-0.05, 0) is 52.0 Å². The molecule has 104 valence electrons. The molecule has 2 heterocycles. The molecular formula is C15H24N4. The molecule has 3 rings (SSSR count). The van der Waals surface area contributed by atoms with Gasteiger partial charge in [0.25, 0.3) is 0 Å². The molecule has 1 saturated heterocycles. The SMILES string of the molecule is Cc1cnc(C)c(N2CCC(CNC3CC3)CC2)n1. The van der Waals surface area contributed by atoms with Crippen molar-refractivity contribution in [2.45, 2.75) is 45.6 Å². The van der Waals surface area contributed by atoms with Crippen LogP contribution in [0.4, 0.5) is 5.82 Å². The highest BCUT2D eigenvalue weighted by Gasteiger charge is 2.25. The molecule has 4 nitrogen and oxygen atoms in total. The highest BCUT2D eigenvalue weighted by Crippen LogP contribution is 2.25. The van der Waals surface area contributed by atoms with Crippen molar-refractivity contribution >= 4 is 5.82 Å². The largest absolute Gasteiger partial charge is 0.355 e. The van der Waals surface area contributed by atoms with Crippen LogP contribution in [-0.4, -0.2) is 35.6 Å². The maximum absolute atomic E-state index is 4.65. The van der Waals surface area contributed by atoms with Gasteiger partial charge in [0.05, 0.1) is 11.4 Å². The molecule has 0 radical (unpaired) electrons. The Labute approximate surface area is 115 Å². The number of hydrogen-bond acceptors (Lipinski definition) is 4. The molecule has 1 saturated carbocycles. The summed E-state index contributed by atoms with van der Waals surface area (Å²) in [6, 6.07) is 0.836. The van der Waals surface area contributed by atoms with Crippen molar-refractivity contribution in [3.63, 3.8) is 0 Å². The topological polar surface area (TPSA) is 41.1 Å². The molecule has 2 aliphatic rings. The summed E-state index contributed by atoms with van der Waals surface area (Å²) in [4.78, 5) is 11.5. The van der Waals surface area contributed by atoms with Crippen LogP contribution in [0, 0.1) is 19.8 Å². The molecule has 0 bridgehead atoms. The summed E-state index contributed by atoms with van der Waals surface area (Å²) in [5.41, 5.74) is 2.07. The lowest BCUT2D eigenvalue weighted by molar-refractivity contribution is 0.380. The van der Waals surface area contributed by atoms with E-state index in [4.69, 9.17) is 0 Å². The highest BCUT2D eigenvalue weighted by atomic mass is 15.2. The number of anilines is 1. The van der Waals surface area contributed by atoms with Crippen LogP contribution in [0.5, 0.6) is 0 Å². The Morgan fingerprint density at radius 3 is 2.63 bits per heavy atom. The predicted molar refractivity (Wildman–Crippen MR) is 77.5 cm³/mol. The van der Waals surface area contributed by atoms with E-state index < -0.39 is 0 Å². The van der Waals surface area contributed by atoms with E-state index in [1.54, 1.807) is 0 Å². The maximum atomic E-state index is 4.65. The average molecular weight is 260 g/mol. The highest BCUT2D eigenvalue weighted by molar-refractivity contribution is 5.43. The Hall–Kier alpha value is -1.16. The lowest BCUT2D eigenvalue weighted by atomic mass is 9.96. The van der Waals surface area contributed by atoms with Crippen LogP contribution in [0.25, 0.3) is 0 Å². The van der Waals surface area contributed by atoms with Crippen molar-refractivity contribution in [3.8, 4) is 0 Å². The Morgan fingerprint density at radius 1 is 1.21 bits per heavy atom. The molecule has 0 aromatic carbocycles. The molecule has 0 amide bonds. The molecule has 1 aliphatic heterocycles. The number of aryl methyl sites for hydroxylation is 2. The third kappa shape index (κ3) is 3.24. The maximum Gasteiger partial charge on any atom is 0.150 e. The molecule has 0 spiro atoms. The Balaban J connectivity index is 1.55. The molecule has 1 N–H and O–H groups in total. The minimum atomic E-state index is 0.836. The van der Waals surface area contributed by atoms with Gasteiger partial charge < -0.3 is 10.2 Å². The van der Waals surface area contributed by atoms with Crippen molar-refractivity contribution in [2.75, 3.05) is 24.5 Å². The van der Waals surface area contributed by atoms with Crippen LogP contribution in [0.3, 0.4) is 0 Å². The standard InChI is InChI=1S/C15H24N4/c1-11-9-16-12(2)15(18-11)19-7-5-13(6-8-19)10-17-14-3-4-14/h9,13-14,17H,3-8,10H2,1-2H3. The summed E-state index contributed by atoms with van der Waals surface area (Å²) in [6.45, 7) is 7.52. The second kappa shape index (κ2) is 5.45. The number of nitrogens with one attached hydrogen (secondary N) is 1. The van der Waals surface area contributed by atoms with E-state index in [1.807, 2.05) is 13.1 Å². The fourth-order valence-electron chi connectivity index (χ4n) is 2.79. The summed E-state index contributed by atoms with van der Waals surface area (Å²) in [5, 5.41) is 3.65. The zero-order valence-corrected chi connectivity index (χ0v) is 12.0. The van der Waals surface area contributed by atoms with Gasteiger partial charge in [-0.2, -0.15) is 0 Å². The lowest BCUT2D eigenvalue weighted by Gasteiger charge is -2.33. The molecule has 1 aromatic heterocycles. The summed E-state index contributed by atoms with van der Waals surface area (Å²) >= 11 is 0. The van der Waals surface area contributed by atoms with E-state index in [2.05, 4.69) is 27.1 Å². The van der Waals surface area contributed by atoms with Gasteiger partial charge in [-0.3, -0.25) is 4.98 Å². The number of nitrogens with zero attached hydrogens (tertiary/aromatic N) is 3. The van der Waals surface area contributed by atoms with Crippen molar-refractivity contribution in [3.05, 3.63) is 17.6 Å². The molecule has 2 fully saturated rings. The van der Waals surface area contributed by atoms with Gasteiger partial charge in [0.15, 0.2) is 0 Å². The predicted octanol–water partition coefficient (Wildman–Crippen LogP) is 2.06. The van der Waals surface area contributed by atoms with Gasteiger partial charge in [0, 0.05) is 25.3 Å². The van der Waals surface area contributed by atoms with E-state index in [0.717, 1.165) is 42.3 Å². The van der Waals surface area contributed by atoms with Crippen LogP contribution in [0.1, 0.15) is 37.1 Å². The third-order valence-corrected chi connectivity index (χ3v) is 4.24. The Morgan fingerprint density at radius 2 is 1.95 bits per heavy atom. The fourth-order valence-corrected chi connectivity index (χ4v) is 2.79. The van der Waals surface area contributed by atoms with E-state index in [0.29, 0.717) is 0 Å². The van der Waals surface area contributed by atoms with Crippen molar-refractivity contribution in [2.24, 2.45) is 5.92 Å². The van der Waals surface area contributed by atoms with Crippen molar-refractivity contribution in [1.82, 2.24) is 15.3 Å². The Bertz CT molecular complexity index is 434. The summed E-state index contributed by atoms with van der Waals surface area (Å²) in [5.74, 6) is 1.93. The molecule has 1 aliphatic carbocycles. The zero-order valence-electron chi connectivity index (χ0n) is 12.0. The fraction of sp³-hybridized carbons (Fsp3) is 0.733. The van der Waals surface area contributed by atoms with E-state index in [1.165, 1.54) is 32.2 Å². The monoisotopic (exact) mass is 260 g/mol. The second-order valence-corrected chi connectivity index (χ2v) is 6.03. The number of aromatic nitrogens is 2. The van der Waals surface area contributed by atoms with Gasteiger partial charge >= 0.3 is 0 Å². The molecular weight excluding hydrogens is 236 g/mol. The van der Waals surface area contributed by atoms with Gasteiger partial charge in [-0.25, -0.2) is 4.98 Å². The quantitative estimate of drug-likeness (QED) is 0.899. The van der Waals surface area contributed by atoms with E-state index in [9.17, 15) is 0 Å². The van der Waals surface area contributed by atoms with Gasteiger partial charge in [-0.15, -0.1) is 0 Å². The minimum Gasteiger partial charge on any atom is -0.355 e. The number of hydrogen-bond donors (Lipinski definition) is 1. The normalized spacial score (nSPS) is 20.8. The first kappa shape index (κ1) is 12.9. The van der Waals surface area contributed by atoms with Crippen LogP contribution in [0.15, 0.2) is 6.20 Å². The smallest absolute Gasteiger partial charge is 0.150 e. The van der Waals surface area contributed by atoms with Crippen LogP contribution >= 0.6 is 0 Å². The van der Waals surface area contributed by atoms with Crippen LogP contribution < -0.4 is 10.2 Å². The molecule has 1 aromatic rings. The summed E-state index contributed by atoms with van der Waals surface area (Å²) in [6.07, 6.45) is 7.17. The van der Waals surface area contributed by atoms with Gasteiger partial charge in [-0.1, -0.05) is 0 Å². The van der Waals surface area contributed by atoms with Crippen LogP contribution in [0.2, 0.25) is 0 Å². The minimum absolute atomic E-state index is 0.836. The van der Waals surface area contributed by atoms with Crippen LogP contribution in [-0.2, 0) is 0 Å². The number of piperidine rings is 1. The molecule has 4 heteroatoms. The first-order chi connectivity index (χ1) is 9.22. The Kier molecular flexibility index (Phi) is 3.69. The summed E-state index contributed by atoms with van der Waals surface area (Å²) < 4.78 is 0. The van der Waals surface area contributed by atoms with Crippen molar-refractivity contribution < 1.29 is 0 Å². The first-order valence-corrected chi connectivity index (χ1v) is 7.51. The average Bonchev–Trinajstić information content (AvgIpc) is 3.24. The molecule has 0 unspecified atom stereocenters. The van der Waals surface area contributed by atoms with E-state index >= 15 is 0 Å². The van der Waals surface area contributed by atoms with Crippen molar-refractivity contribution in [1.29, 1.82) is 0 Å². The van der Waals surface area contributed by atoms with E-state index in [-0.39, 0.29) is 0 Å². The number of rotatable bonds is 4. The third-order valence-electron chi connectivity index (χ3n) is 4.24. The van der Waals surface area contributed by atoms with Gasteiger partial charge in [0.1, 0.15) is 5.82 Å². The summed E-state index contributed by atoms with van der Waals surface area (Å²) in [7, 11) is 0. The zero-order chi connectivity index (χ0) is 13.2. The molecule has 0 atom stereocenters. The second-order valence-electron chi connectivity index (χ2n) is 6.03. The first-order valence-electron chi connectivity index (χ1n) is 7.51. The van der Waals surface area contributed by atoms with Gasteiger partial charge in [0.2, 0.25) is 0 Å².